The molecule has 1 heterocycles. The Kier molecular flexibility index (Phi) is 7.62. The molecule has 4 rings (SSSR count). The molecule has 3 aromatic carbocycles. The van der Waals surface area contributed by atoms with Crippen molar-refractivity contribution < 1.29 is 9.47 Å². The summed E-state index contributed by atoms with van der Waals surface area (Å²) in [7, 11) is 1.61. The van der Waals surface area contributed by atoms with Crippen molar-refractivity contribution in [3.05, 3.63) is 79.3 Å². The Labute approximate surface area is 215 Å². The molecule has 0 fully saturated rings. The van der Waals surface area contributed by atoms with Crippen LogP contribution >= 0.6 is 45.8 Å². The Morgan fingerprint density at radius 1 is 1.15 bits per heavy atom. The zero-order chi connectivity index (χ0) is 23.4. The van der Waals surface area contributed by atoms with E-state index in [1.165, 1.54) is 0 Å². The second-order valence-corrected chi connectivity index (χ2v) is 9.10. The molecule has 0 saturated carbocycles. The van der Waals surface area contributed by atoms with E-state index in [0.717, 1.165) is 32.3 Å². The maximum Gasteiger partial charge on any atom is 0.224 e. The van der Waals surface area contributed by atoms with Crippen LogP contribution in [0.1, 0.15) is 18.1 Å². The smallest absolute Gasteiger partial charge is 0.224 e. The van der Waals surface area contributed by atoms with E-state index in [1.807, 2.05) is 42.5 Å². The molecule has 0 atom stereocenters. The summed E-state index contributed by atoms with van der Waals surface area (Å²) in [4.78, 5) is 4.62. The normalized spacial score (nSPS) is 11.3. The number of para-hydroxylation sites is 2. The van der Waals surface area contributed by atoms with Gasteiger partial charge >= 0.3 is 0 Å². The summed E-state index contributed by atoms with van der Waals surface area (Å²) < 4.78 is 14.6. The topological polar surface area (TPSA) is 60.7 Å². The summed E-state index contributed by atoms with van der Waals surface area (Å²) in [5, 5.41) is 5.53. The number of halogens is 3. The Morgan fingerprint density at radius 3 is 2.73 bits per heavy atom. The molecule has 0 aliphatic carbocycles. The Hall–Kier alpha value is -2.49. The van der Waals surface area contributed by atoms with Gasteiger partial charge in [0.1, 0.15) is 6.61 Å². The highest BCUT2D eigenvalue weighted by Crippen LogP contribution is 2.35. The van der Waals surface area contributed by atoms with E-state index in [2.05, 4.69) is 49.6 Å². The number of imidazole rings is 1. The number of hydrogen-bond donors (Lipinski definition) is 1. The number of benzene rings is 3. The Morgan fingerprint density at radius 2 is 1.97 bits per heavy atom. The molecule has 0 aliphatic rings. The van der Waals surface area contributed by atoms with Crippen molar-refractivity contribution in [1.82, 2.24) is 9.55 Å². The van der Waals surface area contributed by atoms with Crippen LogP contribution in [-0.4, -0.2) is 22.9 Å². The first-order valence-electron chi connectivity index (χ1n) is 10.2. The standard InChI is InChI=1S/C24H21Cl2IN4O2/c1-3-31-21-7-5-4-6-20(21)29-24(31)30-28-13-15-10-19(27)23(22(11-15)32-2)33-14-16-8-9-17(25)12-18(16)26/h4-13H,3,14H2,1-2H3,(H,29,30)/b28-13-. The number of anilines is 1. The first kappa shape index (κ1) is 23.7. The fourth-order valence-corrected chi connectivity index (χ4v) is 4.63. The number of hydrazone groups is 1. The van der Waals surface area contributed by atoms with Crippen LogP contribution in [0.5, 0.6) is 11.5 Å². The van der Waals surface area contributed by atoms with Gasteiger partial charge in [-0.3, -0.25) is 0 Å². The van der Waals surface area contributed by atoms with Gasteiger partial charge in [0.05, 0.1) is 27.9 Å². The van der Waals surface area contributed by atoms with Gasteiger partial charge in [-0.25, -0.2) is 10.4 Å². The van der Waals surface area contributed by atoms with Gasteiger partial charge in [-0.15, -0.1) is 0 Å². The third-order valence-corrected chi connectivity index (χ3v) is 6.38. The molecular weight excluding hydrogens is 574 g/mol. The third-order valence-electron chi connectivity index (χ3n) is 4.99. The van der Waals surface area contributed by atoms with Gasteiger partial charge in [0.15, 0.2) is 11.5 Å². The monoisotopic (exact) mass is 594 g/mol. The number of rotatable bonds is 8. The van der Waals surface area contributed by atoms with Crippen molar-refractivity contribution in [2.75, 3.05) is 12.5 Å². The van der Waals surface area contributed by atoms with Gasteiger partial charge in [0, 0.05) is 22.2 Å². The van der Waals surface area contributed by atoms with Gasteiger partial charge in [-0.1, -0.05) is 41.4 Å². The van der Waals surface area contributed by atoms with Gasteiger partial charge in [-0.2, -0.15) is 5.10 Å². The third kappa shape index (κ3) is 5.37. The van der Waals surface area contributed by atoms with Crippen LogP contribution in [-0.2, 0) is 13.2 Å². The summed E-state index contributed by atoms with van der Waals surface area (Å²) in [6, 6.07) is 17.2. The molecule has 9 heteroatoms. The minimum absolute atomic E-state index is 0.296. The number of hydrogen-bond acceptors (Lipinski definition) is 5. The quantitative estimate of drug-likeness (QED) is 0.135. The van der Waals surface area contributed by atoms with E-state index < -0.39 is 0 Å². The number of nitrogens with one attached hydrogen (secondary N) is 1. The van der Waals surface area contributed by atoms with Crippen molar-refractivity contribution in [3.8, 4) is 11.5 Å². The van der Waals surface area contributed by atoms with Crippen LogP contribution in [0.15, 0.2) is 59.7 Å². The lowest BCUT2D eigenvalue weighted by Gasteiger charge is -2.14. The van der Waals surface area contributed by atoms with Crippen LogP contribution in [0.25, 0.3) is 11.0 Å². The molecule has 0 spiro atoms. The molecule has 1 aromatic heterocycles. The first-order valence-corrected chi connectivity index (χ1v) is 12.0. The minimum atomic E-state index is 0.296. The minimum Gasteiger partial charge on any atom is -0.493 e. The maximum atomic E-state index is 6.26. The molecule has 0 aliphatic heterocycles. The molecule has 0 bridgehead atoms. The first-order chi connectivity index (χ1) is 16.0. The zero-order valence-electron chi connectivity index (χ0n) is 18.0. The van der Waals surface area contributed by atoms with Crippen LogP contribution in [0, 0.1) is 3.57 Å². The highest BCUT2D eigenvalue weighted by molar-refractivity contribution is 14.1. The van der Waals surface area contributed by atoms with Crippen molar-refractivity contribution in [1.29, 1.82) is 0 Å². The van der Waals surface area contributed by atoms with E-state index in [1.54, 1.807) is 25.5 Å². The van der Waals surface area contributed by atoms with Crippen molar-refractivity contribution in [3.63, 3.8) is 0 Å². The number of fused-ring (bicyclic) bond motifs is 1. The lowest BCUT2D eigenvalue weighted by Crippen LogP contribution is -2.03. The van der Waals surface area contributed by atoms with E-state index >= 15 is 0 Å². The summed E-state index contributed by atoms with van der Waals surface area (Å²) in [6.45, 7) is 3.16. The molecule has 1 N–H and O–H groups in total. The number of nitrogens with zero attached hydrogens (tertiary/aromatic N) is 3. The lowest BCUT2D eigenvalue weighted by molar-refractivity contribution is 0.282. The van der Waals surface area contributed by atoms with Crippen LogP contribution in [0.4, 0.5) is 5.95 Å². The highest BCUT2D eigenvalue weighted by Gasteiger charge is 2.13. The van der Waals surface area contributed by atoms with E-state index in [0.29, 0.717) is 34.1 Å². The van der Waals surface area contributed by atoms with Gasteiger partial charge < -0.3 is 14.0 Å². The number of ether oxygens (including phenoxy) is 2. The van der Waals surface area contributed by atoms with Gasteiger partial charge in [-0.05, 0) is 71.5 Å². The second kappa shape index (κ2) is 10.6. The summed E-state index contributed by atoms with van der Waals surface area (Å²) in [6.07, 6.45) is 1.73. The Bertz CT molecular complexity index is 1320. The molecule has 0 unspecified atom stereocenters. The van der Waals surface area contributed by atoms with Crippen LogP contribution in [0.2, 0.25) is 10.0 Å². The average Bonchev–Trinajstić information content (AvgIpc) is 3.16. The molecule has 0 amide bonds. The summed E-state index contributed by atoms with van der Waals surface area (Å²) >= 11 is 14.5. The molecule has 4 aromatic rings. The Balaban J connectivity index is 1.51. The molecular formula is C24H21Cl2IN4O2. The van der Waals surface area contributed by atoms with Gasteiger partial charge in [0.2, 0.25) is 5.95 Å². The largest absolute Gasteiger partial charge is 0.493 e. The average molecular weight is 595 g/mol. The van der Waals surface area contributed by atoms with Crippen molar-refractivity contribution >= 4 is 69.0 Å². The van der Waals surface area contributed by atoms with E-state index in [-0.39, 0.29) is 0 Å². The molecule has 170 valence electrons. The summed E-state index contributed by atoms with van der Waals surface area (Å²) in [5.41, 5.74) is 6.75. The number of aromatic nitrogens is 2. The fraction of sp³-hybridized carbons (Fsp3) is 0.167. The SMILES string of the molecule is CCn1c(N/N=C\c2cc(I)c(OCc3ccc(Cl)cc3Cl)c(OC)c2)nc2ccccc21. The van der Waals surface area contributed by atoms with Crippen molar-refractivity contribution in [2.45, 2.75) is 20.1 Å². The van der Waals surface area contributed by atoms with E-state index in [9.17, 15) is 0 Å². The van der Waals surface area contributed by atoms with Crippen LogP contribution in [0.3, 0.4) is 0 Å². The predicted molar refractivity (Wildman–Crippen MR) is 143 cm³/mol. The van der Waals surface area contributed by atoms with Gasteiger partial charge in [0.25, 0.3) is 0 Å². The zero-order valence-corrected chi connectivity index (χ0v) is 21.6. The summed E-state index contributed by atoms with van der Waals surface area (Å²) in [5.74, 6) is 1.94. The highest BCUT2D eigenvalue weighted by atomic mass is 127. The molecule has 33 heavy (non-hydrogen) atoms. The lowest BCUT2D eigenvalue weighted by atomic mass is 10.2. The maximum absolute atomic E-state index is 6.26. The van der Waals surface area contributed by atoms with E-state index in [4.69, 9.17) is 32.7 Å². The molecule has 0 saturated heterocycles. The van der Waals surface area contributed by atoms with Crippen LogP contribution < -0.4 is 14.9 Å². The number of aryl methyl sites for hydroxylation is 1. The predicted octanol–water partition coefficient (Wildman–Crippen LogP) is 7.00. The molecule has 0 radical (unpaired) electrons. The second-order valence-electron chi connectivity index (χ2n) is 7.10. The number of methoxy groups -OCH3 is 1. The fourth-order valence-electron chi connectivity index (χ4n) is 3.39. The molecule has 6 nitrogen and oxygen atoms in total. The van der Waals surface area contributed by atoms with Crippen molar-refractivity contribution in [2.24, 2.45) is 5.10 Å².